The molecule has 0 atom stereocenters. The van der Waals surface area contributed by atoms with Crippen molar-refractivity contribution in [2.45, 2.75) is 39.7 Å². The van der Waals surface area contributed by atoms with Crippen molar-refractivity contribution in [3.8, 4) is 11.3 Å². The molecule has 5 rings (SSSR count). The predicted octanol–water partition coefficient (Wildman–Crippen LogP) is 3.29. The normalized spacial score (nSPS) is 14.4. The molecule has 0 radical (unpaired) electrons. The lowest BCUT2D eigenvalue weighted by molar-refractivity contribution is 0.0937. The molecule has 11 heteroatoms. The highest BCUT2D eigenvalue weighted by Gasteiger charge is 2.24. The molecular formula is C25H28FN7O3. The van der Waals surface area contributed by atoms with Crippen LogP contribution >= 0.6 is 0 Å². The molecule has 1 aliphatic heterocycles. The van der Waals surface area contributed by atoms with Gasteiger partial charge in [-0.15, -0.1) is 0 Å². The number of carbonyl (C=O) groups is 1. The van der Waals surface area contributed by atoms with Gasteiger partial charge in [-0.05, 0) is 30.2 Å². The number of morpholine rings is 1. The molecule has 0 saturated carbocycles. The first-order chi connectivity index (χ1) is 17.2. The summed E-state index contributed by atoms with van der Waals surface area (Å²) < 4.78 is 27.9. The number of rotatable bonds is 5. The zero-order valence-electron chi connectivity index (χ0n) is 20.7. The minimum atomic E-state index is -0.487. The number of benzene rings is 1. The Morgan fingerprint density at radius 3 is 2.72 bits per heavy atom. The SMILES string of the molecule is Cc1c(CNC(=O)c2noc(C(C)(C)C)n2)ccc(-c2ncnn3cc(N4CCOCC4)cc23)c1F. The maximum atomic E-state index is 15.6. The second kappa shape index (κ2) is 9.30. The van der Waals surface area contributed by atoms with Gasteiger partial charge in [-0.1, -0.05) is 32.0 Å². The van der Waals surface area contributed by atoms with E-state index >= 15 is 4.39 Å². The fourth-order valence-corrected chi connectivity index (χ4v) is 4.09. The van der Waals surface area contributed by atoms with E-state index in [-0.39, 0.29) is 17.8 Å². The van der Waals surface area contributed by atoms with Crippen molar-refractivity contribution < 1.29 is 18.4 Å². The molecule has 1 aliphatic rings. The summed E-state index contributed by atoms with van der Waals surface area (Å²) in [5, 5.41) is 10.8. The van der Waals surface area contributed by atoms with E-state index in [1.807, 2.05) is 33.0 Å². The first-order valence-corrected chi connectivity index (χ1v) is 11.8. The standard InChI is InChI=1S/C25H28FN7O3/c1-15-16(12-27-23(34)22-30-24(36-31-22)25(2,3)4)5-6-18(20(15)26)21-19-11-17(13-33(19)29-14-28-21)32-7-9-35-10-8-32/h5-6,11,13-14H,7-10,12H2,1-4H3,(H,27,34). The number of aromatic nitrogens is 5. The summed E-state index contributed by atoms with van der Waals surface area (Å²) >= 11 is 0. The average molecular weight is 494 g/mol. The molecule has 4 aromatic rings. The first-order valence-electron chi connectivity index (χ1n) is 11.8. The predicted molar refractivity (Wildman–Crippen MR) is 130 cm³/mol. The third-order valence-electron chi connectivity index (χ3n) is 6.23. The number of amides is 1. The summed E-state index contributed by atoms with van der Waals surface area (Å²) in [6.45, 7) is 10.5. The monoisotopic (exact) mass is 493 g/mol. The Kier molecular flexibility index (Phi) is 6.17. The zero-order chi connectivity index (χ0) is 25.4. The second-order valence-corrected chi connectivity index (χ2v) is 9.80. The molecular weight excluding hydrogens is 465 g/mol. The van der Waals surface area contributed by atoms with Gasteiger partial charge in [0.25, 0.3) is 11.7 Å². The van der Waals surface area contributed by atoms with Gasteiger partial charge in [0.1, 0.15) is 17.8 Å². The van der Waals surface area contributed by atoms with E-state index in [4.69, 9.17) is 9.26 Å². The molecule has 1 fully saturated rings. The number of hydrogen-bond donors (Lipinski definition) is 1. The van der Waals surface area contributed by atoms with Crippen LogP contribution in [0.1, 0.15) is 48.4 Å². The highest BCUT2D eigenvalue weighted by molar-refractivity contribution is 5.90. The Morgan fingerprint density at radius 1 is 1.22 bits per heavy atom. The molecule has 1 amide bonds. The maximum absolute atomic E-state index is 15.6. The third kappa shape index (κ3) is 4.53. The molecule has 4 heterocycles. The molecule has 0 bridgehead atoms. The van der Waals surface area contributed by atoms with Crippen LogP contribution in [-0.2, 0) is 16.7 Å². The van der Waals surface area contributed by atoms with E-state index in [1.54, 1.807) is 23.6 Å². The lowest BCUT2D eigenvalue weighted by Gasteiger charge is -2.27. The molecule has 3 aromatic heterocycles. The molecule has 1 saturated heterocycles. The van der Waals surface area contributed by atoms with Crippen molar-refractivity contribution in [3.05, 3.63) is 59.4 Å². The van der Waals surface area contributed by atoms with Crippen LogP contribution in [0, 0.1) is 12.7 Å². The van der Waals surface area contributed by atoms with Crippen LogP contribution in [0.2, 0.25) is 0 Å². The molecule has 10 nitrogen and oxygen atoms in total. The quantitative estimate of drug-likeness (QED) is 0.451. The van der Waals surface area contributed by atoms with E-state index < -0.39 is 11.7 Å². The van der Waals surface area contributed by atoms with E-state index in [0.29, 0.717) is 47.0 Å². The Bertz CT molecular complexity index is 1420. The molecule has 0 aliphatic carbocycles. The summed E-state index contributed by atoms with van der Waals surface area (Å²) in [6.07, 6.45) is 3.34. The third-order valence-corrected chi connectivity index (χ3v) is 6.23. The number of anilines is 1. The van der Waals surface area contributed by atoms with Crippen LogP contribution < -0.4 is 10.2 Å². The van der Waals surface area contributed by atoms with E-state index in [0.717, 1.165) is 18.8 Å². The van der Waals surface area contributed by atoms with Crippen molar-refractivity contribution in [2.24, 2.45) is 0 Å². The largest absolute Gasteiger partial charge is 0.378 e. The van der Waals surface area contributed by atoms with Gasteiger partial charge in [-0.25, -0.2) is 13.9 Å². The van der Waals surface area contributed by atoms with Crippen molar-refractivity contribution in [1.82, 2.24) is 30.1 Å². The fraction of sp³-hybridized carbons (Fsp3) is 0.400. The van der Waals surface area contributed by atoms with E-state index in [1.165, 1.54) is 6.33 Å². The summed E-state index contributed by atoms with van der Waals surface area (Å²) in [5.41, 5.74) is 3.28. The molecule has 188 valence electrons. The van der Waals surface area contributed by atoms with Gasteiger partial charge in [-0.2, -0.15) is 10.1 Å². The van der Waals surface area contributed by atoms with Crippen molar-refractivity contribution in [3.63, 3.8) is 0 Å². The van der Waals surface area contributed by atoms with Gasteiger partial charge < -0.3 is 19.5 Å². The summed E-state index contributed by atoms with van der Waals surface area (Å²) in [7, 11) is 0. The molecule has 1 aromatic carbocycles. The Hall–Kier alpha value is -3.86. The van der Waals surface area contributed by atoms with Crippen LogP contribution in [0.15, 0.2) is 35.2 Å². The molecule has 0 spiro atoms. The summed E-state index contributed by atoms with van der Waals surface area (Å²) in [5.74, 6) is -0.564. The number of halogens is 1. The summed E-state index contributed by atoms with van der Waals surface area (Å²) in [6, 6.07) is 5.44. The number of fused-ring (bicyclic) bond motifs is 1. The average Bonchev–Trinajstić information content (AvgIpc) is 3.53. The lowest BCUT2D eigenvalue weighted by Crippen LogP contribution is -2.35. The van der Waals surface area contributed by atoms with Crippen LogP contribution in [0.4, 0.5) is 10.1 Å². The fourth-order valence-electron chi connectivity index (χ4n) is 4.09. The second-order valence-electron chi connectivity index (χ2n) is 9.80. The zero-order valence-corrected chi connectivity index (χ0v) is 20.7. The highest BCUT2D eigenvalue weighted by Crippen LogP contribution is 2.31. The van der Waals surface area contributed by atoms with Crippen LogP contribution in [0.5, 0.6) is 0 Å². The number of nitrogens with zero attached hydrogens (tertiary/aromatic N) is 6. The van der Waals surface area contributed by atoms with E-state index in [2.05, 4.69) is 30.4 Å². The number of hydrogen-bond acceptors (Lipinski definition) is 8. The highest BCUT2D eigenvalue weighted by atomic mass is 19.1. The maximum Gasteiger partial charge on any atom is 0.292 e. The van der Waals surface area contributed by atoms with Gasteiger partial charge in [0.15, 0.2) is 0 Å². The van der Waals surface area contributed by atoms with Crippen LogP contribution in [0.25, 0.3) is 16.8 Å². The minimum Gasteiger partial charge on any atom is -0.378 e. The number of nitrogens with one attached hydrogen (secondary N) is 1. The first kappa shape index (κ1) is 23.9. The van der Waals surface area contributed by atoms with Gasteiger partial charge in [0.05, 0.1) is 30.6 Å². The lowest BCUT2D eigenvalue weighted by atomic mass is 9.97. The van der Waals surface area contributed by atoms with Crippen molar-refractivity contribution in [1.29, 1.82) is 0 Å². The van der Waals surface area contributed by atoms with Crippen LogP contribution in [-0.4, -0.2) is 56.9 Å². The van der Waals surface area contributed by atoms with Crippen LogP contribution in [0.3, 0.4) is 0 Å². The van der Waals surface area contributed by atoms with Gasteiger partial charge in [-0.3, -0.25) is 4.79 Å². The number of carbonyl (C=O) groups excluding carboxylic acids is 1. The van der Waals surface area contributed by atoms with E-state index in [9.17, 15) is 4.79 Å². The summed E-state index contributed by atoms with van der Waals surface area (Å²) in [4.78, 5) is 23.3. The molecule has 36 heavy (non-hydrogen) atoms. The smallest absolute Gasteiger partial charge is 0.292 e. The van der Waals surface area contributed by atoms with Gasteiger partial charge >= 0.3 is 0 Å². The van der Waals surface area contributed by atoms with Gasteiger partial charge in [0.2, 0.25) is 5.89 Å². The molecule has 0 unspecified atom stereocenters. The van der Waals surface area contributed by atoms with Crippen molar-refractivity contribution >= 4 is 17.1 Å². The van der Waals surface area contributed by atoms with Crippen molar-refractivity contribution in [2.75, 3.05) is 31.2 Å². The Labute approximate surface area is 207 Å². The Balaban J connectivity index is 1.37. The molecule has 1 N–H and O–H groups in total. The minimum absolute atomic E-state index is 0.0534. The number of ether oxygens (including phenoxy) is 1. The van der Waals surface area contributed by atoms with Gasteiger partial charge in [0, 0.05) is 30.6 Å². The topological polar surface area (TPSA) is 111 Å². The Morgan fingerprint density at radius 2 is 2.00 bits per heavy atom.